The molecule has 3 nitrogen and oxygen atoms in total. The first-order valence-corrected chi connectivity index (χ1v) is 10.1. The molecule has 0 unspecified atom stereocenters. The Morgan fingerprint density at radius 3 is 2.63 bits per heavy atom. The lowest BCUT2D eigenvalue weighted by Gasteiger charge is -2.02. The average molecular weight is 377 g/mol. The van der Waals surface area contributed by atoms with Crippen molar-refractivity contribution >= 4 is 27.5 Å². The van der Waals surface area contributed by atoms with Crippen molar-refractivity contribution in [1.29, 1.82) is 0 Å². The number of terminal acetylenes is 1. The Labute approximate surface area is 164 Å². The summed E-state index contributed by atoms with van der Waals surface area (Å²) in [4.78, 5) is 17.5. The van der Waals surface area contributed by atoms with Crippen molar-refractivity contribution in [3.63, 3.8) is 0 Å². The van der Waals surface area contributed by atoms with E-state index in [2.05, 4.69) is 36.0 Å². The molecule has 0 aliphatic heterocycles. The van der Waals surface area contributed by atoms with Crippen molar-refractivity contribution in [1.82, 2.24) is 4.57 Å². The summed E-state index contributed by atoms with van der Waals surface area (Å²) >= 11 is 1.53. The number of benzene rings is 2. The van der Waals surface area contributed by atoms with E-state index in [-0.39, 0.29) is 5.91 Å². The van der Waals surface area contributed by atoms with Crippen molar-refractivity contribution in [3.8, 4) is 12.3 Å². The van der Waals surface area contributed by atoms with E-state index in [0.29, 0.717) is 17.8 Å². The maximum absolute atomic E-state index is 12.5. The van der Waals surface area contributed by atoms with Crippen molar-refractivity contribution in [2.75, 3.05) is 0 Å². The summed E-state index contributed by atoms with van der Waals surface area (Å²) in [5.41, 5.74) is 4.51. The van der Waals surface area contributed by atoms with Gasteiger partial charge >= 0.3 is 0 Å². The molecule has 1 aromatic heterocycles. The summed E-state index contributed by atoms with van der Waals surface area (Å²) in [6.45, 7) is 4.64. The first-order valence-electron chi connectivity index (χ1n) is 9.29. The van der Waals surface area contributed by atoms with Gasteiger partial charge in [-0.05, 0) is 43.0 Å². The van der Waals surface area contributed by atoms with Gasteiger partial charge in [-0.1, -0.05) is 66.5 Å². The Morgan fingerprint density at radius 2 is 1.93 bits per heavy atom. The lowest BCUT2D eigenvalue weighted by molar-refractivity contribution is -0.117. The topological polar surface area (TPSA) is 34.4 Å². The van der Waals surface area contributed by atoms with Gasteiger partial charge in [0.05, 0.1) is 23.2 Å². The first-order chi connectivity index (χ1) is 13.1. The molecule has 3 aromatic rings. The number of hydrogen-bond donors (Lipinski definition) is 0. The number of aromatic nitrogens is 1. The Bertz CT molecular complexity index is 1050. The van der Waals surface area contributed by atoms with Crippen LogP contribution < -0.4 is 4.80 Å². The average Bonchev–Trinajstić information content (AvgIpc) is 2.98. The minimum atomic E-state index is -0.151. The highest BCUT2D eigenvalue weighted by atomic mass is 32.1. The van der Waals surface area contributed by atoms with Gasteiger partial charge in [0.15, 0.2) is 4.80 Å². The largest absolute Gasteiger partial charge is 0.305 e. The number of thiazole rings is 1. The van der Waals surface area contributed by atoms with Crippen molar-refractivity contribution in [2.24, 2.45) is 4.99 Å². The van der Waals surface area contributed by atoms with Crippen molar-refractivity contribution < 1.29 is 4.79 Å². The van der Waals surface area contributed by atoms with Gasteiger partial charge < -0.3 is 4.57 Å². The molecule has 138 valence electrons. The lowest BCUT2D eigenvalue weighted by atomic mass is 10.1. The number of aryl methyl sites for hydroxylation is 2. The summed E-state index contributed by atoms with van der Waals surface area (Å²) < 4.78 is 3.08. The fourth-order valence-electron chi connectivity index (χ4n) is 3.01. The molecule has 0 N–H and O–H groups in total. The van der Waals surface area contributed by atoms with E-state index in [1.165, 1.54) is 35.3 Å². The second kappa shape index (κ2) is 8.83. The molecule has 0 aliphatic carbocycles. The molecule has 3 rings (SSSR count). The van der Waals surface area contributed by atoms with E-state index in [1.807, 2.05) is 35.8 Å². The van der Waals surface area contributed by atoms with Crippen LogP contribution in [0.15, 0.2) is 47.5 Å². The van der Waals surface area contributed by atoms with E-state index in [1.54, 1.807) is 0 Å². The molecule has 0 radical (unpaired) electrons. The van der Waals surface area contributed by atoms with Gasteiger partial charge in [0.25, 0.3) is 5.91 Å². The fourth-order valence-corrected chi connectivity index (χ4v) is 4.12. The van der Waals surface area contributed by atoms with Gasteiger partial charge in [-0.2, -0.15) is 4.99 Å². The smallest absolute Gasteiger partial charge is 0.252 e. The number of amides is 1. The van der Waals surface area contributed by atoms with Crippen LogP contribution in [-0.4, -0.2) is 10.5 Å². The zero-order valence-electron chi connectivity index (χ0n) is 15.9. The third-order valence-electron chi connectivity index (χ3n) is 4.51. The SMILES string of the molecule is C#CCn1c(=NC(=O)Cc2ccc(C)cc2)sc2cc(CCCC)ccc21. The molecule has 0 saturated heterocycles. The highest BCUT2D eigenvalue weighted by Gasteiger charge is 2.09. The molecular weight excluding hydrogens is 352 g/mol. The predicted molar refractivity (Wildman–Crippen MR) is 113 cm³/mol. The van der Waals surface area contributed by atoms with Gasteiger partial charge in [0.2, 0.25) is 0 Å². The Kier molecular flexibility index (Phi) is 6.26. The Balaban J connectivity index is 1.94. The number of rotatable bonds is 6. The second-order valence-corrected chi connectivity index (χ2v) is 7.76. The zero-order chi connectivity index (χ0) is 19.2. The van der Waals surface area contributed by atoms with Crippen LogP contribution in [0.4, 0.5) is 0 Å². The van der Waals surface area contributed by atoms with Crippen LogP contribution in [0.1, 0.15) is 36.5 Å². The molecule has 0 aliphatic rings. The van der Waals surface area contributed by atoms with Crippen LogP contribution >= 0.6 is 11.3 Å². The van der Waals surface area contributed by atoms with Crippen LogP contribution in [0.2, 0.25) is 0 Å². The third kappa shape index (κ3) is 4.75. The quantitative estimate of drug-likeness (QED) is 0.576. The molecule has 0 spiro atoms. The Hall–Kier alpha value is -2.64. The molecule has 1 heterocycles. The summed E-state index contributed by atoms with van der Waals surface area (Å²) in [6, 6.07) is 14.4. The molecule has 0 bridgehead atoms. The van der Waals surface area contributed by atoms with Gasteiger partial charge in [-0.3, -0.25) is 4.79 Å². The van der Waals surface area contributed by atoms with Gasteiger partial charge in [0.1, 0.15) is 0 Å². The maximum Gasteiger partial charge on any atom is 0.252 e. The number of nitrogens with zero attached hydrogens (tertiary/aromatic N) is 2. The standard InChI is InChI=1S/C23H24N2OS/c1-4-6-7-18-12-13-20-21(15-18)27-23(25(20)14-5-2)24-22(26)16-19-10-8-17(3)9-11-19/h2,8-13,15H,4,6-7,14,16H2,1,3H3. The molecule has 0 atom stereocenters. The minimum Gasteiger partial charge on any atom is -0.305 e. The molecule has 27 heavy (non-hydrogen) atoms. The first kappa shape index (κ1) is 19.1. The summed E-state index contributed by atoms with van der Waals surface area (Å²) in [7, 11) is 0. The van der Waals surface area contributed by atoms with E-state index in [0.717, 1.165) is 22.2 Å². The molecule has 2 aromatic carbocycles. The van der Waals surface area contributed by atoms with E-state index < -0.39 is 0 Å². The molecular formula is C23H24N2OS. The molecule has 1 amide bonds. The third-order valence-corrected chi connectivity index (χ3v) is 5.55. The van der Waals surface area contributed by atoms with E-state index in [4.69, 9.17) is 6.42 Å². The van der Waals surface area contributed by atoms with Crippen LogP contribution in [-0.2, 0) is 24.2 Å². The highest BCUT2D eigenvalue weighted by Crippen LogP contribution is 2.20. The number of carbonyl (C=O) groups excluding carboxylic acids is 1. The molecule has 0 fully saturated rings. The highest BCUT2D eigenvalue weighted by molar-refractivity contribution is 7.16. The lowest BCUT2D eigenvalue weighted by Crippen LogP contribution is -2.17. The van der Waals surface area contributed by atoms with Crippen LogP contribution in [0.3, 0.4) is 0 Å². The van der Waals surface area contributed by atoms with Gasteiger partial charge in [-0.25, -0.2) is 0 Å². The van der Waals surface area contributed by atoms with Gasteiger partial charge in [-0.15, -0.1) is 6.42 Å². The normalized spacial score (nSPS) is 11.7. The van der Waals surface area contributed by atoms with E-state index in [9.17, 15) is 4.79 Å². The summed E-state index contributed by atoms with van der Waals surface area (Å²) in [5.74, 6) is 2.53. The van der Waals surface area contributed by atoms with E-state index >= 15 is 0 Å². The summed E-state index contributed by atoms with van der Waals surface area (Å²) in [6.07, 6.45) is 9.27. The van der Waals surface area contributed by atoms with Crippen LogP contribution in [0.5, 0.6) is 0 Å². The number of hydrogen-bond acceptors (Lipinski definition) is 2. The molecule has 4 heteroatoms. The number of fused-ring (bicyclic) bond motifs is 1. The van der Waals surface area contributed by atoms with Crippen molar-refractivity contribution in [2.45, 2.75) is 46.1 Å². The van der Waals surface area contributed by atoms with Crippen LogP contribution in [0.25, 0.3) is 10.2 Å². The zero-order valence-corrected chi connectivity index (χ0v) is 16.7. The number of unbranched alkanes of at least 4 members (excludes halogenated alkanes) is 1. The minimum absolute atomic E-state index is 0.151. The van der Waals surface area contributed by atoms with Crippen LogP contribution in [0, 0.1) is 19.3 Å². The maximum atomic E-state index is 12.5. The second-order valence-electron chi connectivity index (χ2n) is 6.75. The summed E-state index contributed by atoms with van der Waals surface area (Å²) in [5, 5.41) is 0. The predicted octanol–water partition coefficient (Wildman–Crippen LogP) is 4.66. The van der Waals surface area contributed by atoms with Gasteiger partial charge in [0, 0.05) is 0 Å². The number of carbonyl (C=O) groups is 1. The molecule has 0 saturated carbocycles. The monoisotopic (exact) mass is 376 g/mol. The fraction of sp³-hybridized carbons (Fsp3) is 0.304. The van der Waals surface area contributed by atoms with Crippen molar-refractivity contribution in [3.05, 3.63) is 64.0 Å². The Morgan fingerprint density at radius 1 is 1.19 bits per heavy atom.